The Kier molecular flexibility index (Phi) is 6.19. The average molecular weight is 340 g/mol. The average Bonchev–Trinajstić information content (AvgIpc) is 2.44. The molecule has 5 nitrogen and oxygen atoms in total. The van der Waals surface area contributed by atoms with E-state index in [1.54, 1.807) is 0 Å². The molecule has 1 aromatic carbocycles. The van der Waals surface area contributed by atoms with Crippen LogP contribution in [0.5, 0.6) is 0 Å². The first kappa shape index (κ1) is 18.4. The van der Waals surface area contributed by atoms with Crippen molar-refractivity contribution in [3.8, 4) is 0 Å². The highest BCUT2D eigenvalue weighted by Gasteiger charge is 2.19. The van der Waals surface area contributed by atoms with Gasteiger partial charge in [0.2, 0.25) is 10.0 Å². The minimum atomic E-state index is -3.43. The largest absolute Gasteiger partial charge is 0.304 e. The SMILES string of the molecule is Cc1cc(C)c(S(=O)(=O)NCCCN2CCN(C)CC2)c(C)c1. The van der Waals surface area contributed by atoms with E-state index in [0.29, 0.717) is 11.4 Å². The van der Waals surface area contributed by atoms with Crippen molar-refractivity contribution in [1.82, 2.24) is 14.5 Å². The highest BCUT2D eigenvalue weighted by molar-refractivity contribution is 7.89. The third kappa shape index (κ3) is 5.01. The van der Waals surface area contributed by atoms with Crippen LogP contribution in [0.15, 0.2) is 17.0 Å². The second-order valence-corrected chi connectivity index (χ2v) is 8.33. The Morgan fingerprint density at radius 3 is 2.17 bits per heavy atom. The zero-order valence-electron chi connectivity index (χ0n) is 14.7. The smallest absolute Gasteiger partial charge is 0.241 e. The predicted octanol–water partition coefficient (Wildman–Crippen LogP) is 1.53. The van der Waals surface area contributed by atoms with Crippen molar-refractivity contribution in [3.63, 3.8) is 0 Å². The molecule has 1 fully saturated rings. The van der Waals surface area contributed by atoms with Gasteiger partial charge in [0.15, 0.2) is 0 Å². The fourth-order valence-electron chi connectivity index (χ4n) is 3.24. The predicted molar refractivity (Wildman–Crippen MR) is 94.4 cm³/mol. The minimum absolute atomic E-state index is 0.433. The van der Waals surface area contributed by atoms with Crippen molar-refractivity contribution in [1.29, 1.82) is 0 Å². The Balaban J connectivity index is 1.87. The van der Waals surface area contributed by atoms with E-state index in [-0.39, 0.29) is 0 Å². The van der Waals surface area contributed by atoms with Crippen molar-refractivity contribution < 1.29 is 8.42 Å². The van der Waals surface area contributed by atoms with Crippen molar-refractivity contribution >= 4 is 10.0 Å². The number of benzene rings is 1. The van der Waals surface area contributed by atoms with Gasteiger partial charge in [-0.25, -0.2) is 13.1 Å². The Bertz CT molecular complexity index is 612. The van der Waals surface area contributed by atoms with Crippen LogP contribution in [0.4, 0.5) is 0 Å². The molecule has 0 atom stereocenters. The molecule has 0 aromatic heterocycles. The monoisotopic (exact) mass is 339 g/mol. The molecule has 6 heteroatoms. The molecule has 1 heterocycles. The standard InChI is InChI=1S/C17H29N3O2S/c1-14-12-15(2)17(16(3)13-14)23(21,22)18-6-5-7-20-10-8-19(4)9-11-20/h12-13,18H,5-11H2,1-4H3. The van der Waals surface area contributed by atoms with Gasteiger partial charge in [-0.15, -0.1) is 0 Å². The second-order valence-electron chi connectivity index (χ2n) is 6.62. The van der Waals surface area contributed by atoms with Gasteiger partial charge in [0.05, 0.1) is 4.90 Å². The number of aryl methyl sites for hydroxylation is 3. The van der Waals surface area contributed by atoms with E-state index in [4.69, 9.17) is 0 Å². The molecule has 0 aliphatic carbocycles. The summed E-state index contributed by atoms with van der Waals surface area (Å²) >= 11 is 0. The minimum Gasteiger partial charge on any atom is -0.304 e. The molecular formula is C17H29N3O2S. The van der Waals surface area contributed by atoms with Gasteiger partial charge >= 0.3 is 0 Å². The van der Waals surface area contributed by atoms with E-state index >= 15 is 0 Å². The summed E-state index contributed by atoms with van der Waals surface area (Å²) in [5.41, 5.74) is 2.72. The third-order valence-corrected chi connectivity index (χ3v) is 6.18. The molecule has 0 bridgehead atoms. The molecule has 1 aromatic rings. The summed E-state index contributed by atoms with van der Waals surface area (Å²) in [5, 5.41) is 0. The van der Waals surface area contributed by atoms with Crippen molar-refractivity contribution in [2.24, 2.45) is 0 Å². The summed E-state index contributed by atoms with van der Waals surface area (Å²) in [7, 11) is -1.29. The van der Waals surface area contributed by atoms with Crippen LogP contribution in [0.25, 0.3) is 0 Å². The molecule has 1 aliphatic heterocycles. The molecule has 1 aliphatic rings. The van der Waals surface area contributed by atoms with E-state index in [2.05, 4.69) is 21.6 Å². The molecule has 0 amide bonds. The fraction of sp³-hybridized carbons (Fsp3) is 0.647. The fourth-order valence-corrected chi connectivity index (χ4v) is 4.77. The molecule has 1 N–H and O–H groups in total. The van der Waals surface area contributed by atoms with E-state index < -0.39 is 10.0 Å². The molecule has 0 spiro atoms. The summed E-state index contributed by atoms with van der Waals surface area (Å²) in [4.78, 5) is 5.15. The van der Waals surface area contributed by atoms with Crippen LogP contribution < -0.4 is 4.72 Å². The normalized spacial score (nSPS) is 17.6. The zero-order chi connectivity index (χ0) is 17.0. The maximum Gasteiger partial charge on any atom is 0.241 e. The number of piperazine rings is 1. The first-order valence-corrected chi connectivity index (χ1v) is 9.76. The van der Waals surface area contributed by atoms with Gasteiger partial charge in [0, 0.05) is 32.7 Å². The van der Waals surface area contributed by atoms with Crippen LogP contribution in [-0.4, -0.2) is 64.5 Å². The molecule has 1 saturated heterocycles. The second kappa shape index (κ2) is 7.75. The van der Waals surface area contributed by atoms with Gasteiger partial charge in [0.25, 0.3) is 0 Å². The van der Waals surface area contributed by atoms with Gasteiger partial charge in [-0.05, 0) is 51.9 Å². The third-order valence-electron chi connectivity index (χ3n) is 4.41. The quantitative estimate of drug-likeness (QED) is 0.799. The Morgan fingerprint density at radius 2 is 1.61 bits per heavy atom. The van der Waals surface area contributed by atoms with Gasteiger partial charge in [-0.1, -0.05) is 17.7 Å². The number of rotatable bonds is 6. The summed E-state index contributed by atoms with van der Waals surface area (Å²) in [6.07, 6.45) is 0.840. The van der Waals surface area contributed by atoms with E-state index in [0.717, 1.165) is 55.8 Å². The molecular weight excluding hydrogens is 310 g/mol. The van der Waals surface area contributed by atoms with Crippen molar-refractivity contribution in [2.45, 2.75) is 32.1 Å². The Hall–Kier alpha value is -0.950. The highest BCUT2D eigenvalue weighted by atomic mass is 32.2. The summed E-state index contributed by atoms with van der Waals surface area (Å²) in [6, 6.07) is 3.84. The molecule has 0 saturated carbocycles. The Labute approximate surface area is 140 Å². The van der Waals surface area contributed by atoms with Crippen LogP contribution in [0.2, 0.25) is 0 Å². The molecule has 0 radical (unpaired) electrons. The maximum atomic E-state index is 12.5. The van der Waals surface area contributed by atoms with Crippen molar-refractivity contribution in [3.05, 3.63) is 28.8 Å². The van der Waals surface area contributed by atoms with E-state index in [1.165, 1.54) is 0 Å². The van der Waals surface area contributed by atoms with Crippen LogP contribution in [-0.2, 0) is 10.0 Å². The van der Waals surface area contributed by atoms with Crippen LogP contribution in [0, 0.1) is 20.8 Å². The van der Waals surface area contributed by atoms with Gasteiger partial charge < -0.3 is 9.80 Å². The Morgan fingerprint density at radius 1 is 1.04 bits per heavy atom. The van der Waals surface area contributed by atoms with Gasteiger partial charge in [-0.3, -0.25) is 0 Å². The lowest BCUT2D eigenvalue weighted by atomic mass is 10.1. The number of hydrogen-bond donors (Lipinski definition) is 1. The topological polar surface area (TPSA) is 52.7 Å². The van der Waals surface area contributed by atoms with Crippen LogP contribution in [0.1, 0.15) is 23.1 Å². The first-order valence-electron chi connectivity index (χ1n) is 8.28. The lowest BCUT2D eigenvalue weighted by Crippen LogP contribution is -2.45. The molecule has 23 heavy (non-hydrogen) atoms. The lowest BCUT2D eigenvalue weighted by Gasteiger charge is -2.32. The maximum absolute atomic E-state index is 12.5. The number of likely N-dealkylation sites (N-methyl/N-ethyl adjacent to an activating group) is 1. The molecule has 130 valence electrons. The number of sulfonamides is 1. The highest BCUT2D eigenvalue weighted by Crippen LogP contribution is 2.21. The van der Waals surface area contributed by atoms with Crippen molar-refractivity contribution in [2.75, 3.05) is 46.3 Å². The number of hydrogen-bond acceptors (Lipinski definition) is 4. The molecule has 0 unspecified atom stereocenters. The summed E-state index contributed by atoms with van der Waals surface area (Å²) in [6.45, 7) is 11.5. The van der Waals surface area contributed by atoms with Crippen LogP contribution in [0.3, 0.4) is 0 Å². The summed E-state index contributed by atoms with van der Waals surface area (Å²) in [5.74, 6) is 0. The number of nitrogens with zero attached hydrogens (tertiary/aromatic N) is 2. The first-order chi connectivity index (χ1) is 10.8. The van der Waals surface area contributed by atoms with E-state index in [9.17, 15) is 8.42 Å². The summed E-state index contributed by atoms with van der Waals surface area (Å²) < 4.78 is 27.9. The lowest BCUT2D eigenvalue weighted by molar-refractivity contribution is 0.153. The van der Waals surface area contributed by atoms with Gasteiger partial charge in [0.1, 0.15) is 0 Å². The van der Waals surface area contributed by atoms with Gasteiger partial charge in [-0.2, -0.15) is 0 Å². The zero-order valence-corrected chi connectivity index (χ0v) is 15.5. The van der Waals surface area contributed by atoms with E-state index in [1.807, 2.05) is 32.9 Å². The molecule has 2 rings (SSSR count). The van der Waals surface area contributed by atoms with Crippen LogP contribution >= 0.6 is 0 Å². The number of nitrogens with one attached hydrogen (secondary N) is 1.